The van der Waals surface area contributed by atoms with Crippen molar-refractivity contribution in [1.29, 1.82) is 0 Å². The molecular weight excluding hydrogens is 437 g/mol. The quantitative estimate of drug-likeness (QED) is 0.219. The number of hydrogen-bond donors (Lipinski definition) is 4. The topological polar surface area (TPSA) is 131 Å². The van der Waals surface area contributed by atoms with Crippen LogP contribution in [0.5, 0.6) is 11.5 Å². The van der Waals surface area contributed by atoms with Gasteiger partial charge >= 0.3 is 0 Å². The van der Waals surface area contributed by atoms with Gasteiger partial charge in [-0.1, -0.05) is 24.3 Å². The molecule has 0 bridgehead atoms. The fourth-order valence-electron chi connectivity index (χ4n) is 2.10. The van der Waals surface area contributed by atoms with Gasteiger partial charge < -0.3 is 21.7 Å². The number of phenols is 2. The molecule has 0 fully saturated rings. The third kappa shape index (κ3) is 7.15. The number of aromatic nitrogens is 3. The van der Waals surface area contributed by atoms with Crippen LogP contribution in [0.1, 0.15) is 0 Å². The van der Waals surface area contributed by atoms with Crippen LogP contribution in [-0.2, 0) is 0 Å². The fourth-order valence-corrected chi connectivity index (χ4v) is 2.71. The minimum Gasteiger partial charge on any atom is -0.508 e. The zero-order valence-electron chi connectivity index (χ0n) is 14.8. The van der Waals surface area contributed by atoms with Gasteiger partial charge in [-0.05, 0) is 71.2 Å². The number of hydrogen-bond acceptors (Lipinski definition) is 7. The summed E-state index contributed by atoms with van der Waals surface area (Å²) < 4.78 is 0. The van der Waals surface area contributed by atoms with E-state index in [2.05, 4.69) is 15.0 Å². The van der Waals surface area contributed by atoms with Crippen molar-refractivity contribution < 1.29 is 10.2 Å². The van der Waals surface area contributed by atoms with E-state index in [4.69, 9.17) is 51.4 Å². The second-order valence-corrected chi connectivity index (χ2v) is 6.47. The average molecular weight is 453 g/mol. The van der Waals surface area contributed by atoms with E-state index >= 15 is 0 Å². The van der Waals surface area contributed by atoms with Crippen LogP contribution in [0.4, 0.5) is 11.4 Å². The van der Waals surface area contributed by atoms with E-state index in [-0.39, 0.29) is 27.3 Å². The van der Waals surface area contributed by atoms with Crippen molar-refractivity contribution in [2.75, 3.05) is 11.5 Å². The number of fused-ring (bicyclic) bond motifs is 1. The van der Waals surface area contributed by atoms with Crippen LogP contribution in [0.2, 0.25) is 15.9 Å². The van der Waals surface area contributed by atoms with Crippen LogP contribution in [0.25, 0.3) is 10.8 Å². The van der Waals surface area contributed by atoms with Gasteiger partial charge in [-0.2, -0.15) is 15.0 Å². The van der Waals surface area contributed by atoms with Crippen molar-refractivity contribution in [2.45, 2.75) is 0 Å². The largest absolute Gasteiger partial charge is 0.508 e. The highest BCUT2D eigenvalue weighted by molar-refractivity contribution is 6.33. The molecule has 150 valence electrons. The molecule has 10 heteroatoms. The van der Waals surface area contributed by atoms with Gasteiger partial charge in [0.1, 0.15) is 11.5 Å². The van der Waals surface area contributed by atoms with E-state index in [1.165, 1.54) is 0 Å². The molecule has 1 aromatic heterocycles. The molecule has 3 aromatic carbocycles. The number of nitrogens with two attached hydrogens (primary N) is 2. The van der Waals surface area contributed by atoms with Crippen molar-refractivity contribution in [3.8, 4) is 11.5 Å². The molecule has 4 aromatic rings. The average Bonchev–Trinajstić information content (AvgIpc) is 2.65. The van der Waals surface area contributed by atoms with E-state index in [1.807, 2.05) is 24.3 Å². The van der Waals surface area contributed by atoms with Crippen LogP contribution in [0.15, 0.2) is 60.7 Å². The summed E-state index contributed by atoms with van der Waals surface area (Å²) in [5.74, 6) is 0.527. The minimum atomic E-state index is 0.000000000000000444. The first-order valence-electron chi connectivity index (χ1n) is 7.99. The number of nitrogens with zero attached hydrogens (tertiary/aromatic N) is 3. The molecular formula is C19H16Cl3N5O2. The monoisotopic (exact) mass is 451 g/mol. The Labute approximate surface area is 181 Å². The van der Waals surface area contributed by atoms with Gasteiger partial charge in [-0.25, -0.2) is 0 Å². The van der Waals surface area contributed by atoms with E-state index in [0.717, 1.165) is 10.8 Å². The van der Waals surface area contributed by atoms with Crippen LogP contribution < -0.4 is 11.5 Å². The Hall–Kier alpha value is -3.00. The SMILES string of the molecule is Clc1nc(Cl)nc(Cl)n1.Nc1ccc(O)cc1.Nc1cccc2c(O)cccc12. The van der Waals surface area contributed by atoms with Gasteiger partial charge in [-0.3, -0.25) is 0 Å². The first-order chi connectivity index (χ1) is 13.8. The number of benzene rings is 3. The Morgan fingerprint density at radius 3 is 1.59 bits per heavy atom. The molecule has 0 saturated carbocycles. The molecule has 29 heavy (non-hydrogen) atoms. The van der Waals surface area contributed by atoms with Crippen LogP contribution in [-0.4, -0.2) is 25.2 Å². The molecule has 0 amide bonds. The predicted molar refractivity (Wildman–Crippen MR) is 117 cm³/mol. The summed E-state index contributed by atoms with van der Waals surface area (Å²) in [6.45, 7) is 0. The van der Waals surface area contributed by atoms with Crippen LogP contribution in [0.3, 0.4) is 0 Å². The maximum atomic E-state index is 9.44. The minimum absolute atomic E-state index is 0.000000000000000444. The van der Waals surface area contributed by atoms with Crippen molar-refractivity contribution in [1.82, 2.24) is 15.0 Å². The molecule has 6 N–H and O–H groups in total. The van der Waals surface area contributed by atoms with E-state index < -0.39 is 0 Å². The fraction of sp³-hybridized carbons (Fsp3) is 0. The summed E-state index contributed by atoms with van der Waals surface area (Å²) in [4.78, 5) is 10.4. The first kappa shape index (κ1) is 22.3. The summed E-state index contributed by atoms with van der Waals surface area (Å²) in [5, 5.41) is 19.8. The number of aromatic hydroxyl groups is 2. The maximum Gasteiger partial charge on any atom is 0.227 e. The predicted octanol–water partition coefficient (Wildman–Crippen LogP) is 4.93. The maximum absolute atomic E-state index is 9.44. The third-order valence-electron chi connectivity index (χ3n) is 3.38. The number of phenolic OH excluding ortho intramolecular Hbond substituents is 2. The molecule has 0 aliphatic heterocycles. The number of rotatable bonds is 0. The van der Waals surface area contributed by atoms with E-state index in [0.29, 0.717) is 11.4 Å². The number of nitrogen functional groups attached to an aromatic ring is 2. The van der Waals surface area contributed by atoms with E-state index in [9.17, 15) is 5.11 Å². The highest BCUT2D eigenvalue weighted by atomic mass is 35.5. The van der Waals surface area contributed by atoms with Gasteiger partial charge in [0, 0.05) is 22.1 Å². The molecule has 7 nitrogen and oxygen atoms in total. The van der Waals surface area contributed by atoms with Crippen LogP contribution >= 0.6 is 34.8 Å². The van der Waals surface area contributed by atoms with Crippen molar-refractivity contribution >= 4 is 57.0 Å². The molecule has 0 spiro atoms. The summed E-state index contributed by atoms with van der Waals surface area (Å²) in [6.07, 6.45) is 0. The standard InChI is InChI=1S/C10H9NO.C6H7NO.C3Cl3N3/c11-9-5-1-4-8-7(9)3-2-6-10(8)12;7-5-1-3-6(8)4-2-5;4-1-7-2(5)9-3(6)8-1/h1-6,12H,11H2;1-4,8H,7H2;. The molecule has 0 aliphatic rings. The molecule has 0 radical (unpaired) electrons. The smallest absolute Gasteiger partial charge is 0.227 e. The second kappa shape index (κ2) is 10.5. The number of halogens is 3. The Morgan fingerprint density at radius 1 is 0.621 bits per heavy atom. The Bertz CT molecular complexity index is 982. The zero-order chi connectivity index (χ0) is 21.4. The lowest BCUT2D eigenvalue weighted by Gasteiger charge is -2.02. The lowest BCUT2D eigenvalue weighted by molar-refractivity contribution is 0.475. The van der Waals surface area contributed by atoms with Gasteiger partial charge in [0.2, 0.25) is 15.9 Å². The lowest BCUT2D eigenvalue weighted by atomic mass is 10.1. The summed E-state index contributed by atoms with van der Waals surface area (Å²) in [7, 11) is 0. The Balaban J connectivity index is 0.000000160. The normalized spacial score (nSPS) is 9.76. The molecule has 1 heterocycles. The third-order valence-corrected chi connectivity index (χ3v) is 3.89. The molecule has 4 rings (SSSR count). The van der Waals surface area contributed by atoms with Gasteiger partial charge in [0.25, 0.3) is 0 Å². The van der Waals surface area contributed by atoms with E-state index in [1.54, 1.807) is 36.4 Å². The lowest BCUT2D eigenvalue weighted by Crippen LogP contribution is -1.87. The highest BCUT2D eigenvalue weighted by Gasteiger charge is 1.99. The summed E-state index contributed by atoms with van der Waals surface area (Å²) >= 11 is 16.0. The van der Waals surface area contributed by atoms with Crippen molar-refractivity contribution in [2.24, 2.45) is 0 Å². The summed E-state index contributed by atoms with van der Waals surface area (Å²) in [5.41, 5.74) is 12.4. The molecule has 0 unspecified atom stereocenters. The Kier molecular flexibility index (Phi) is 8.09. The van der Waals surface area contributed by atoms with Crippen molar-refractivity contribution in [3.63, 3.8) is 0 Å². The second-order valence-electron chi connectivity index (χ2n) is 5.45. The molecule has 0 saturated heterocycles. The summed E-state index contributed by atoms with van der Waals surface area (Å²) in [6, 6.07) is 17.2. The van der Waals surface area contributed by atoms with Crippen LogP contribution in [0, 0.1) is 0 Å². The zero-order valence-corrected chi connectivity index (χ0v) is 17.1. The van der Waals surface area contributed by atoms with Gasteiger partial charge in [-0.15, -0.1) is 0 Å². The van der Waals surface area contributed by atoms with Crippen molar-refractivity contribution in [3.05, 3.63) is 76.5 Å². The first-order valence-corrected chi connectivity index (χ1v) is 9.13. The Morgan fingerprint density at radius 2 is 1.10 bits per heavy atom. The molecule has 0 aliphatic carbocycles. The van der Waals surface area contributed by atoms with Gasteiger partial charge in [0.05, 0.1) is 0 Å². The molecule has 0 atom stereocenters. The number of anilines is 2. The van der Waals surface area contributed by atoms with Gasteiger partial charge in [0.15, 0.2) is 0 Å². The highest BCUT2D eigenvalue weighted by Crippen LogP contribution is 2.27.